The Morgan fingerprint density at radius 1 is 0.113 bits per heavy atom. The Kier molecular flexibility index (Phi) is 22.7. The molecule has 0 saturated heterocycles. The van der Waals surface area contributed by atoms with E-state index >= 15 is 0 Å². The molecule has 0 N–H and O–H groups in total. The molecule has 0 aliphatic rings. The zero-order valence-corrected chi connectivity index (χ0v) is 78.6. The first kappa shape index (κ1) is 85.6. The zero-order valence-electron chi connectivity index (χ0n) is 78.6. The van der Waals surface area contributed by atoms with Gasteiger partial charge < -0.3 is 29.4 Å². The van der Waals surface area contributed by atoms with E-state index < -0.39 is 0 Å². The van der Waals surface area contributed by atoms with Crippen LogP contribution in [0.3, 0.4) is 0 Å². The number of fused-ring (bicyclic) bond motifs is 10. The van der Waals surface area contributed by atoms with E-state index in [1.165, 1.54) is 163 Å². The van der Waals surface area contributed by atoms with Gasteiger partial charge in [0.15, 0.2) is 0 Å². The molecular weight excluding hydrogens is 1710 g/mol. The van der Waals surface area contributed by atoms with Gasteiger partial charge in [-0.1, -0.05) is 358 Å². The van der Waals surface area contributed by atoms with Crippen molar-refractivity contribution in [1.82, 2.24) is 0 Å². The van der Waals surface area contributed by atoms with E-state index in [1.807, 2.05) is 0 Å². The lowest BCUT2D eigenvalue weighted by Crippen LogP contribution is -2.12. The average Bonchev–Trinajstić information content (AvgIpc) is 0.714. The zero-order chi connectivity index (χ0) is 94.2. The van der Waals surface area contributed by atoms with Crippen molar-refractivity contribution in [3.05, 3.63) is 540 Å². The van der Waals surface area contributed by atoms with Gasteiger partial charge in [-0.3, -0.25) is 0 Å². The molecule has 668 valence electrons. The van der Waals surface area contributed by atoms with Gasteiger partial charge >= 0.3 is 0 Å². The van der Waals surface area contributed by atoms with Crippen LogP contribution in [0.2, 0.25) is 0 Å². The van der Waals surface area contributed by atoms with Crippen molar-refractivity contribution in [1.29, 1.82) is 0 Å². The van der Waals surface area contributed by atoms with Gasteiger partial charge in [0.1, 0.15) is 0 Å². The van der Waals surface area contributed by atoms with Crippen molar-refractivity contribution in [2.45, 2.75) is 0 Å². The second-order valence-electron chi connectivity index (χ2n) is 36.5. The van der Waals surface area contributed by atoms with Crippen molar-refractivity contribution in [2.75, 3.05) is 50.5 Å². The molecule has 0 unspecified atom stereocenters. The molecule has 0 fully saturated rings. The fourth-order valence-corrected chi connectivity index (χ4v) is 20.9. The summed E-state index contributed by atoms with van der Waals surface area (Å²) in [6.45, 7) is 0. The molecule has 0 aliphatic heterocycles. The number of benzene rings is 26. The highest BCUT2D eigenvalue weighted by atomic mass is 15.2. The summed E-state index contributed by atoms with van der Waals surface area (Å²) in [6.07, 6.45) is 0. The lowest BCUT2D eigenvalue weighted by atomic mass is 9.89. The predicted octanol–water partition coefficient (Wildman–Crippen LogP) is 37.9. The summed E-state index contributed by atoms with van der Waals surface area (Å²) in [5.41, 5.74) is 24.3. The van der Waals surface area contributed by atoms with Crippen LogP contribution in [0.25, 0.3) is 152 Å². The highest BCUT2D eigenvalue weighted by Gasteiger charge is 2.23. The number of hydrogen-bond donors (Lipinski definition) is 0. The Bertz CT molecular complexity index is 9020. The summed E-state index contributed by atoms with van der Waals surface area (Å²) in [5, 5.41) is 27.9. The molecular formula is C135H98N6. The maximum atomic E-state index is 2.35. The number of anilines is 15. The van der Waals surface area contributed by atoms with Crippen LogP contribution < -0.4 is 29.4 Å². The topological polar surface area (TPSA) is 19.4 Å². The molecule has 6 nitrogen and oxygen atoms in total. The van der Waals surface area contributed by atoms with Gasteiger partial charge in [-0.15, -0.1) is 0 Å². The fourth-order valence-electron chi connectivity index (χ4n) is 20.9. The summed E-state index contributed by atoms with van der Waals surface area (Å²) < 4.78 is 0. The van der Waals surface area contributed by atoms with E-state index in [0.717, 1.165) is 73.9 Å². The molecule has 0 radical (unpaired) electrons. The Morgan fingerprint density at radius 2 is 0.369 bits per heavy atom. The smallest absolute Gasteiger partial charge is 0.0494 e. The first-order valence-corrected chi connectivity index (χ1v) is 48.4. The second kappa shape index (κ2) is 37.4. The Labute approximate surface area is 821 Å². The molecule has 0 spiro atoms. The van der Waals surface area contributed by atoms with Crippen LogP contribution in [0.4, 0.5) is 85.3 Å². The lowest BCUT2D eigenvalue weighted by Gasteiger charge is -2.27. The number of hydrogen-bond acceptors (Lipinski definition) is 6. The van der Waals surface area contributed by atoms with E-state index in [9.17, 15) is 0 Å². The minimum absolute atomic E-state index is 1.11. The normalized spacial score (nSPS) is 11.4. The maximum Gasteiger partial charge on any atom is 0.0494 e. The van der Waals surface area contributed by atoms with Crippen LogP contribution in [0.15, 0.2) is 540 Å². The molecule has 141 heavy (non-hydrogen) atoms. The molecule has 0 atom stereocenters. The first-order valence-electron chi connectivity index (χ1n) is 48.4. The van der Waals surface area contributed by atoms with Crippen LogP contribution in [0, 0.1) is 0 Å². The van der Waals surface area contributed by atoms with Crippen LogP contribution in [-0.2, 0) is 0 Å². The summed E-state index contributed by atoms with van der Waals surface area (Å²) in [6, 6.07) is 195. The van der Waals surface area contributed by atoms with Gasteiger partial charge in [-0.05, 0) is 323 Å². The predicted molar refractivity (Wildman–Crippen MR) is 607 cm³/mol. The first-order chi connectivity index (χ1) is 69.6. The molecule has 26 rings (SSSR count). The van der Waals surface area contributed by atoms with Crippen LogP contribution in [0.5, 0.6) is 0 Å². The van der Waals surface area contributed by atoms with Gasteiger partial charge in [0.25, 0.3) is 0 Å². The van der Waals surface area contributed by atoms with E-state index in [4.69, 9.17) is 0 Å². The quantitative estimate of drug-likeness (QED) is 0.0625. The monoisotopic (exact) mass is 1800 g/mol. The van der Waals surface area contributed by atoms with E-state index in [-0.39, 0.29) is 0 Å². The molecule has 0 aromatic heterocycles. The second-order valence-corrected chi connectivity index (χ2v) is 36.5. The summed E-state index contributed by atoms with van der Waals surface area (Å²) in [4.78, 5) is 13.9. The van der Waals surface area contributed by atoms with Gasteiger partial charge in [0, 0.05) is 117 Å². The van der Waals surface area contributed by atoms with E-state index in [0.29, 0.717) is 0 Å². The van der Waals surface area contributed by atoms with Crippen molar-refractivity contribution >= 4 is 204 Å². The number of nitrogens with zero attached hydrogens (tertiary/aromatic N) is 6. The third-order valence-corrected chi connectivity index (χ3v) is 28.2. The van der Waals surface area contributed by atoms with E-state index in [1.54, 1.807) is 0 Å². The fraction of sp³-hybridized carbons (Fsp3) is 0.0222. The third kappa shape index (κ3) is 16.7. The SMILES string of the molecule is CN(c1ccc(N(c2ccc(-c3ccccc3)cc2)c2ccc3ccccc3c2)cc1)c1cc2ccccc2c2ccccc12.CN(c1ccc(N(c2ccc(-c3ccccc3)cc2)c2ccc3ccccc3c2)cc1)c1ccc2c3cccc4cccc(c5cccc1c52)c43.CN(c1ccc(N(c2ccc(-c3ccccc3)cc2)c2ccc3ccccc3c2)cc1)c1ccc2cc3ccccc3cc2c1. The minimum atomic E-state index is 1.11. The van der Waals surface area contributed by atoms with Gasteiger partial charge in [-0.2, -0.15) is 0 Å². The molecule has 6 heteroatoms. The summed E-state index contributed by atoms with van der Waals surface area (Å²) in [7, 11) is 6.48. The van der Waals surface area contributed by atoms with Gasteiger partial charge in [0.05, 0.1) is 0 Å². The standard InChI is InChI=1S/C49H34N2.2C43H32N2/c1-50(47-31-30-45-43-17-8-15-36-14-7-16-42(48(36)43)44-18-9-19-46(47)49(44)45)38-26-28-40(29-27-38)51(41-25-22-34-12-5-6-13-37(34)32-41)39-23-20-35(21-24-39)33-10-3-2-4-11-33;1-44(43-30-35-15-7-8-16-40(35)41-17-9-10-18-42(41)43)36-25-27-38(28-26-36)45(39-24-21-32-13-5-6-14-34(32)29-39)37-22-19-33(20-23-37)31-11-3-2-4-12-31;1-44(42-21-18-37-27-34-12-7-8-13-35(34)28-38(37)30-42)39-23-25-41(26-24-39)45(43-22-17-32-11-5-6-14-36(32)29-43)40-19-15-33(16-20-40)31-9-3-2-4-10-31/h2-32H,1H3;2*2-30H,1H3. The van der Waals surface area contributed by atoms with Crippen molar-refractivity contribution in [2.24, 2.45) is 0 Å². The Balaban J connectivity index is 0.000000115. The van der Waals surface area contributed by atoms with Crippen LogP contribution >= 0.6 is 0 Å². The molecule has 0 aliphatic carbocycles. The van der Waals surface area contributed by atoms with E-state index in [2.05, 4.69) is 590 Å². The molecule has 26 aromatic rings. The van der Waals surface area contributed by atoms with Gasteiger partial charge in [0.2, 0.25) is 0 Å². The summed E-state index contributed by atoms with van der Waals surface area (Å²) in [5.74, 6) is 0. The van der Waals surface area contributed by atoms with Crippen LogP contribution in [0.1, 0.15) is 0 Å². The maximum absolute atomic E-state index is 2.35. The van der Waals surface area contributed by atoms with Gasteiger partial charge in [-0.25, -0.2) is 0 Å². The Morgan fingerprint density at radius 3 is 0.794 bits per heavy atom. The molecule has 0 amide bonds. The van der Waals surface area contributed by atoms with Crippen LogP contribution in [-0.4, -0.2) is 21.1 Å². The Hall–Kier alpha value is -18.4. The third-order valence-electron chi connectivity index (χ3n) is 28.2. The van der Waals surface area contributed by atoms with Crippen molar-refractivity contribution in [3.63, 3.8) is 0 Å². The highest BCUT2D eigenvalue weighted by molar-refractivity contribution is 6.34. The molecule has 26 aromatic carbocycles. The molecule has 0 bridgehead atoms. The minimum Gasteiger partial charge on any atom is -0.345 e. The largest absolute Gasteiger partial charge is 0.345 e. The number of rotatable bonds is 18. The molecule has 0 heterocycles. The highest BCUT2D eigenvalue weighted by Crippen LogP contribution is 2.48. The van der Waals surface area contributed by atoms with Crippen molar-refractivity contribution in [3.8, 4) is 33.4 Å². The average molecular weight is 1800 g/mol. The lowest BCUT2D eigenvalue weighted by molar-refractivity contribution is 1.21. The molecule has 0 saturated carbocycles. The summed E-state index contributed by atoms with van der Waals surface area (Å²) >= 11 is 0. The van der Waals surface area contributed by atoms with Crippen molar-refractivity contribution < 1.29 is 0 Å².